The third-order valence-corrected chi connectivity index (χ3v) is 10.9. The summed E-state index contributed by atoms with van der Waals surface area (Å²) in [4.78, 5) is 35.3. The van der Waals surface area contributed by atoms with Crippen LogP contribution in [0.2, 0.25) is 5.02 Å². The maximum Gasteiger partial charge on any atom is 0.264 e. The standard InChI is InChI=1S/C42H39ClF2N4O4.ClH/c43-29-8-14-34(41(51)48-25-28-6-2-1-5-27(28)21-32(48)26-46-17-19-53-20-18-46)35(22-29)40-24-36(39-7-3-4-16-47(39)40)42(52)49(30-9-12-33(50)13-10-30)31-11-15-37(44)38(45)23-31;/h1-2,5-6,8-15,22-24,32,50H,3-4,7,16-21,25-26H2;1H/t32-;/m0./s1. The Morgan fingerprint density at radius 2 is 1.57 bits per heavy atom. The van der Waals surface area contributed by atoms with Crippen molar-refractivity contribution in [2.75, 3.05) is 37.7 Å². The van der Waals surface area contributed by atoms with Crippen molar-refractivity contribution in [1.29, 1.82) is 0 Å². The van der Waals surface area contributed by atoms with Gasteiger partial charge in [-0.3, -0.25) is 19.4 Å². The van der Waals surface area contributed by atoms with Crippen molar-refractivity contribution in [3.8, 4) is 17.0 Å². The second-order valence-corrected chi connectivity index (χ2v) is 14.4. The molecule has 0 spiro atoms. The minimum Gasteiger partial charge on any atom is -0.508 e. The second-order valence-electron chi connectivity index (χ2n) is 13.9. The predicted molar refractivity (Wildman–Crippen MR) is 207 cm³/mol. The third kappa shape index (κ3) is 7.36. The Morgan fingerprint density at radius 3 is 2.33 bits per heavy atom. The number of carbonyl (C=O) groups excluding carboxylic acids is 2. The number of aromatic hydroxyl groups is 1. The van der Waals surface area contributed by atoms with Gasteiger partial charge in [0.25, 0.3) is 11.8 Å². The number of hydrogen-bond acceptors (Lipinski definition) is 5. The number of ether oxygens (including phenoxy) is 1. The number of rotatable bonds is 7. The Bertz CT molecular complexity index is 2190. The van der Waals surface area contributed by atoms with Crippen molar-refractivity contribution >= 4 is 47.2 Å². The lowest BCUT2D eigenvalue weighted by Gasteiger charge is -2.40. The highest BCUT2D eigenvalue weighted by atomic mass is 35.5. The van der Waals surface area contributed by atoms with E-state index in [-0.39, 0.29) is 35.8 Å². The van der Waals surface area contributed by atoms with Crippen LogP contribution in [0, 0.1) is 11.6 Å². The van der Waals surface area contributed by atoms with Gasteiger partial charge in [-0.25, -0.2) is 8.78 Å². The van der Waals surface area contributed by atoms with E-state index in [1.165, 1.54) is 28.7 Å². The first-order valence-electron chi connectivity index (χ1n) is 18.0. The molecule has 54 heavy (non-hydrogen) atoms. The van der Waals surface area contributed by atoms with Crippen LogP contribution >= 0.6 is 24.0 Å². The van der Waals surface area contributed by atoms with Crippen molar-refractivity contribution in [1.82, 2.24) is 14.4 Å². The molecule has 1 aromatic heterocycles. The lowest BCUT2D eigenvalue weighted by Crippen LogP contribution is -2.52. The quantitative estimate of drug-likeness (QED) is 0.180. The molecule has 0 aliphatic carbocycles. The van der Waals surface area contributed by atoms with Gasteiger partial charge in [0.15, 0.2) is 11.6 Å². The highest BCUT2D eigenvalue weighted by molar-refractivity contribution is 6.31. The lowest BCUT2D eigenvalue weighted by atomic mass is 9.92. The van der Waals surface area contributed by atoms with E-state index in [0.717, 1.165) is 62.3 Å². The van der Waals surface area contributed by atoms with E-state index >= 15 is 0 Å². The molecule has 1 atom stereocenters. The summed E-state index contributed by atoms with van der Waals surface area (Å²) in [5.41, 5.74) is 5.83. The number of phenols is 1. The highest BCUT2D eigenvalue weighted by Gasteiger charge is 2.35. The average molecular weight is 774 g/mol. The van der Waals surface area contributed by atoms with Gasteiger partial charge in [-0.05, 0) is 97.5 Å². The Morgan fingerprint density at radius 1 is 0.833 bits per heavy atom. The SMILES string of the molecule is Cl.O=C(c1cc(-c2cc(Cl)ccc2C(=O)N2Cc3ccccc3C[C@H]2CN2CCOCC2)n2c1CCCC2)N(c1ccc(O)cc1)c1ccc(F)c(F)c1. The van der Waals surface area contributed by atoms with Gasteiger partial charge in [0.2, 0.25) is 0 Å². The van der Waals surface area contributed by atoms with E-state index in [1.807, 2.05) is 17.0 Å². The van der Waals surface area contributed by atoms with Crippen molar-refractivity contribution in [3.63, 3.8) is 0 Å². The summed E-state index contributed by atoms with van der Waals surface area (Å²) in [5, 5.41) is 10.5. The number of hydrogen-bond donors (Lipinski definition) is 1. The molecule has 2 amide bonds. The van der Waals surface area contributed by atoms with Gasteiger partial charge in [-0.1, -0.05) is 35.9 Å². The number of benzene rings is 4. The van der Waals surface area contributed by atoms with Crippen molar-refractivity contribution in [2.45, 2.75) is 44.8 Å². The van der Waals surface area contributed by atoms with E-state index in [4.69, 9.17) is 16.3 Å². The molecule has 8 rings (SSSR count). The molecule has 1 fully saturated rings. The smallest absolute Gasteiger partial charge is 0.264 e. The molecular formula is C42H40Cl2F2N4O4. The van der Waals surface area contributed by atoms with Crippen LogP contribution in [0.15, 0.2) is 91.0 Å². The number of anilines is 2. The number of halogens is 4. The van der Waals surface area contributed by atoms with Crippen molar-refractivity contribution in [3.05, 3.63) is 136 Å². The molecule has 4 heterocycles. The molecule has 8 nitrogen and oxygen atoms in total. The van der Waals surface area contributed by atoms with Crippen molar-refractivity contribution in [2.24, 2.45) is 0 Å². The fourth-order valence-electron chi connectivity index (χ4n) is 7.95. The number of amides is 2. The molecule has 0 unspecified atom stereocenters. The molecule has 0 radical (unpaired) electrons. The summed E-state index contributed by atoms with van der Waals surface area (Å²) in [6.45, 7) is 4.77. The van der Waals surface area contributed by atoms with E-state index in [9.17, 15) is 23.5 Å². The lowest BCUT2D eigenvalue weighted by molar-refractivity contribution is 0.0193. The first kappa shape index (κ1) is 37.6. The largest absolute Gasteiger partial charge is 0.508 e. The molecule has 5 aromatic rings. The molecular weight excluding hydrogens is 733 g/mol. The monoisotopic (exact) mass is 772 g/mol. The van der Waals surface area contributed by atoms with Gasteiger partial charge < -0.3 is 19.3 Å². The summed E-state index contributed by atoms with van der Waals surface area (Å²) >= 11 is 6.67. The minimum atomic E-state index is -1.09. The Kier molecular flexibility index (Phi) is 11.1. The zero-order chi connectivity index (χ0) is 36.6. The van der Waals surface area contributed by atoms with Crippen LogP contribution in [0.4, 0.5) is 20.2 Å². The molecule has 3 aliphatic heterocycles. The molecule has 1 N–H and O–H groups in total. The van der Waals surface area contributed by atoms with Crippen LogP contribution in [-0.4, -0.2) is 70.2 Å². The van der Waals surface area contributed by atoms with Gasteiger partial charge in [-0.2, -0.15) is 0 Å². The molecule has 4 aromatic carbocycles. The third-order valence-electron chi connectivity index (χ3n) is 10.6. The summed E-state index contributed by atoms with van der Waals surface area (Å²) in [5.74, 6) is -2.69. The van der Waals surface area contributed by atoms with Crippen molar-refractivity contribution < 1.29 is 28.2 Å². The number of aromatic nitrogens is 1. The fraction of sp³-hybridized carbons (Fsp3) is 0.286. The van der Waals surface area contributed by atoms with E-state index < -0.39 is 17.5 Å². The normalized spacial score (nSPS) is 16.9. The van der Waals surface area contributed by atoms with Crippen LogP contribution in [0.3, 0.4) is 0 Å². The first-order valence-corrected chi connectivity index (χ1v) is 18.4. The number of morpholine rings is 1. The van der Waals surface area contributed by atoms with E-state index in [1.54, 1.807) is 36.4 Å². The average Bonchev–Trinajstić information content (AvgIpc) is 3.56. The van der Waals surface area contributed by atoms with Gasteiger partial charge in [0.1, 0.15) is 5.75 Å². The second kappa shape index (κ2) is 15.9. The molecule has 0 bridgehead atoms. The molecule has 1 saturated heterocycles. The Balaban J connectivity index is 0.00000450. The van der Waals surface area contributed by atoms with Gasteiger partial charge in [-0.15, -0.1) is 12.4 Å². The molecule has 12 heteroatoms. The summed E-state index contributed by atoms with van der Waals surface area (Å²) in [6.07, 6.45) is 3.07. The zero-order valence-electron chi connectivity index (χ0n) is 29.5. The highest BCUT2D eigenvalue weighted by Crippen LogP contribution is 2.38. The van der Waals surface area contributed by atoms with Crippen LogP contribution in [-0.2, 0) is 30.7 Å². The fourth-order valence-corrected chi connectivity index (χ4v) is 8.13. The maximum atomic E-state index is 14.9. The predicted octanol–water partition coefficient (Wildman–Crippen LogP) is 8.43. The maximum absolute atomic E-state index is 14.9. The number of nitrogens with zero attached hydrogens (tertiary/aromatic N) is 4. The van der Waals surface area contributed by atoms with Gasteiger partial charge >= 0.3 is 0 Å². The number of fused-ring (bicyclic) bond motifs is 2. The Labute approximate surface area is 323 Å². The first-order chi connectivity index (χ1) is 25.7. The van der Waals surface area contributed by atoms with Gasteiger partial charge in [0, 0.05) is 78.1 Å². The topological polar surface area (TPSA) is 78.3 Å². The van der Waals surface area contributed by atoms with Gasteiger partial charge in [0.05, 0.1) is 24.5 Å². The summed E-state index contributed by atoms with van der Waals surface area (Å²) in [7, 11) is 0. The van der Waals surface area contributed by atoms with E-state index in [0.29, 0.717) is 65.8 Å². The van der Waals surface area contributed by atoms with Crippen LogP contribution in [0.1, 0.15) is 50.4 Å². The Hall–Kier alpha value is -4.74. The van der Waals surface area contributed by atoms with Crippen LogP contribution in [0.5, 0.6) is 5.75 Å². The van der Waals surface area contributed by atoms with Crippen LogP contribution in [0.25, 0.3) is 11.3 Å². The number of phenolic OH excluding ortho intramolecular Hbond substituents is 1. The zero-order valence-corrected chi connectivity index (χ0v) is 31.1. The van der Waals surface area contributed by atoms with Crippen LogP contribution < -0.4 is 4.90 Å². The summed E-state index contributed by atoms with van der Waals surface area (Å²) < 4.78 is 36.4. The molecule has 280 valence electrons. The molecule has 0 saturated carbocycles. The molecule has 3 aliphatic rings. The van der Waals surface area contributed by atoms with E-state index in [2.05, 4.69) is 21.6 Å². The minimum absolute atomic E-state index is 0. The number of carbonyl (C=O) groups is 2. The summed E-state index contributed by atoms with van der Waals surface area (Å²) in [6, 6.07) is 24.6.